The first-order valence-corrected chi connectivity index (χ1v) is 13.3. The zero-order valence-corrected chi connectivity index (χ0v) is 21.3. The number of hydrogen-bond acceptors (Lipinski definition) is 5. The van der Waals surface area contributed by atoms with Crippen LogP contribution in [-0.2, 0) is 14.4 Å². The fraction of sp³-hybridized carbons (Fsp3) is 0.233. The molecule has 7 heteroatoms. The van der Waals surface area contributed by atoms with E-state index in [0.717, 1.165) is 10.5 Å². The van der Waals surface area contributed by atoms with Gasteiger partial charge in [0.25, 0.3) is 0 Å². The second kappa shape index (κ2) is 11.0. The van der Waals surface area contributed by atoms with Gasteiger partial charge in [-0.1, -0.05) is 54.6 Å². The largest absolute Gasteiger partial charge is 0.492 e. The van der Waals surface area contributed by atoms with Crippen molar-refractivity contribution in [3.05, 3.63) is 96.6 Å². The van der Waals surface area contributed by atoms with Crippen LogP contribution in [0, 0.1) is 11.8 Å². The van der Waals surface area contributed by atoms with Crippen molar-refractivity contribution in [2.75, 3.05) is 16.8 Å². The molecule has 1 aliphatic carbocycles. The van der Waals surface area contributed by atoms with E-state index in [1.54, 1.807) is 12.1 Å². The number of fused-ring (bicyclic) bond motifs is 1. The SMILES string of the molecule is CCOc1ccccc1NC(=O)C(Sc1ccc(N2C(=O)C3CC=CCC3C2=O)cc1)c1ccccc1. The van der Waals surface area contributed by atoms with E-state index >= 15 is 0 Å². The summed E-state index contributed by atoms with van der Waals surface area (Å²) in [6.07, 6.45) is 5.19. The molecule has 0 aromatic heterocycles. The van der Waals surface area contributed by atoms with Crippen LogP contribution >= 0.6 is 11.8 Å². The van der Waals surface area contributed by atoms with Crippen molar-refractivity contribution >= 4 is 40.9 Å². The molecule has 3 aromatic rings. The van der Waals surface area contributed by atoms with Crippen molar-refractivity contribution in [2.45, 2.75) is 29.9 Å². The molecule has 3 unspecified atom stereocenters. The number of imide groups is 1. The molecule has 37 heavy (non-hydrogen) atoms. The van der Waals surface area contributed by atoms with Gasteiger partial charge in [0.1, 0.15) is 11.0 Å². The van der Waals surface area contributed by atoms with Gasteiger partial charge in [-0.25, -0.2) is 0 Å². The lowest BCUT2D eigenvalue weighted by molar-refractivity contribution is -0.122. The van der Waals surface area contributed by atoms with Gasteiger partial charge in [0.05, 0.1) is 29.8 Å². The normalized spacial score (nSPS) is 19.4. The molecule has 1 fully saturated rings. The minimum atomic E-state index is -0.522. The number of hydrogen-bond donors (Lipinski definition) is 1. The Bertz CT molecular complexity index is 1300. The van der Waals surface area contributed by atoms with Crippen LogP contribution in [0.5, 0.6) is 5.75 Å². The highest BCUT2D eigenvalue weighted by Gasteiger charge is 2.47. The molecule has 1 saturated heterocycles. The van der Waals surface area contributed by atoms with E-state index in [-0.39, 0.29) is 29.6 Å². The number of nitrogens with zero attached hydrogens (tertiary/aromatic N) is 1. The maximum absolute atomic E-state index is 13.5. The predicted molar refractivity (Wildman–Crippen MR) is 146 cm³/mol. The molecule has 3 aromatic carbocycles. The van der Waals surface area contributed by atoms with Crippen LogP contribution in [-0.4, -0.2) is 24.3 Å². The van der Waals surface area contributed by atoms with Crippen LogP contribution in [0.25, 0.3) is 0 Å². The van der Waals surface area contributed by atoms with E-state index in [1.165, 1.54) is 16.7 Å². The monoisotopic (exact) mass is 512 g/mol. The van der Waals surface area contributed by atoms with Gasteiger partial charge in [0, 0.05) is 4.90 Å². The molecule has 3 amide bonds. The summed E-state index contributed by atoms with van der Waals surface area (Å²) >= 11 is 1.41. The minimum Gasteiger partial charge on any atom is -0.492 e. The van der Waals surface area contributed by atoms with Crippen molar-refractivity contribution in [3.63, 3.8) is 0 Å². The fourth-order valence-electron chi connectivity index (χ4n) is 4.81. The van der Waals surface area contributed by atoms with Crippen LogP contribution in [0.2, 0.25) is 0 Å². The minimum absolute atomic E-state index is 0.130. The Morgan fingerprint density at radius 2 is 1.54 bits per heavy atom. The van der Waals surface area contributed by atoms with E-state index in [2.05, 4.69) is 5.32 Å². The third-order valence-electron chi connectivity index (χ3n) is 6.64. The van der Waals surface area contributed by atoms with E-state index < -0.39 is 5.25 Å². The Morgan fingerprint density at radius 1 is 0.919 bits per heavy atom. The predicted octanol–water partition coefficient (Wildman–Crippen LogP) is 6.01. The maximum atomic E-state index is 13.5. The smallest absolute Gasteiger partial charge is 0.242 e. The van der Waals surface area contributed by atoms with Crippen molar-refractivity contribution in [1.82, 2.24) is 0 Å². The van der Waals surface area contributed by atoms with E-state index in [0.29, 0.717) is 36.6 Å². The molecule has 0 radical (unpaired) electrons. The van der Waals surface area contributed by atoms with Crippen LogP contribution in [0.15, 0.2) is 95.9 Å². The van der Waals surface area contributed by atoms with Gasteiger partial charge in [-0.3, -0.25) is 19.3 Å². The number of benzene rings is 3. The van der Waals surface area contributed by atoms with Gasteiger partial charge < -0.3 is 10.1 Å². The lowest BCUT2D eigenvalue weighted by Crippen LogP contribution is -2.30. The number of thioether (sulfide) groups is 1. The number of amides is 3. The molecule has 3 atom stereocenters. The summed E-state index contributed by atoms with van der Waals surface area (Å²) in [6, 6.07) is 24.3. The quantitative estimate of drug-likeness (QED) is 0.227. The number of allylic oxidation sites excluding steroid dienone is 2. The van der Waals surface area contributed by atoms with Gasteiger partial charge in [-0.05, 0) is 61.7 Å². The maximum Gasteiger partial charge on any atom is 0.242 e. The molecule has 188 valence electrons. The molecular formula is C30H28N2O4S. The number of carbonyl (C=O) groups excluding carboxylic acids is 3. The molecule has 0 saturated carbocycles. The summed E-state index contributed by atoms with van der Waals surface area (Å²) in [5.74, 6) is -0.345. The number of para-hydroxylation sites is 2. The highest BCUT2D eigenvalue weighted by molar-refractivity contribution is 8.00. The lowest BCUT2D eigenvalue weighted by Gasteiger charge is -2.19. The number of anilines is 2. The van der Waals surface area contributed by atoms with Crippen LogP contribution in [0.1, 0.15) is 30.6 Å². The number of rotatable bonds is 8. The molecule has 1 aliphatic heterocycles. The highest BCUT2D eigenvalue weighted by atomic mass is 32.2. The first kappa shape index (κ1) is 24.8. The third-order valence-corrected chi connectivity index (χ3v) is 7.91. The van der Waals surface area contributed by atoms with Crippen molar-refractivity contribution < 1.29 is 19.1 Å². The average Bonchev–Trinajstić information content (AvgIpc) is 3.19. The summed E-state index contributed by atoms with van der Waals surface area (Å²) in [5, 5.41) is 2.50. The zero-order chi connectivity index (χ0) is 25.8. The number of carbonyl (C=O) groups is 3. The first-order valence-electron chi connectivity index (χ1n) is 12.4. The molecule has 1 N–H and O–H groups in total. The van der Waals surface area contributed by atoms with Crippen molar-refractivity contribution in [3.8, 4) is 5.75 Å². The molecule has 0 spiro atoms. The van der Waals surface area contributed by atoms with E-state index in [4.69, 9.17) is 4.74 Å². The average molecular weight is 513 g/mol. The number of ether oxygens (including phenoxy) is 1. The summed E-state index contributed by atoms with van der Waals surface area (Å²) in [5.41, 5.74) is 2.05. The molecular weight excluding hydrogens is 484 g/mol. The summed E-state index contributed by atoms with van der Waals surface area (Å²) in [7, 11) is 0. The highest BCUT2D eigenvalue weighted by Crippen LogP contribution is 2.40. The first-order chi connectivity index (χ1) is 18.1. The molecule has 5 rings (SSSR count). The van der Waals surface area contributed by atoms with Crippen molar-refractivity contribution in [1.29, 1.82) is 0 Å². The molecule has 2 aliphatic rings. The number of nitrogens with one attached hydrogen (secondary N) is 1. The Kier molecular flexibility index (Phi) is 7.42. The lowest BCUT2D eigenvalue weighted by atomic mass is 9.85. The Labute approximate surface area is 220 Å². The van der Waals surface area contributed by atoms with Crippen LogP contribution < -0.4 is 15.0 Å². The van der Waals surface area contributed by atoms with Crippen LogP contribution in [0.4, 0.5) is 11.4 Å². The fourth-order valence-corrected chi connectivity index (χ4v) is 5.84. The summed E-state index contributed by atoms with van der Waals surface area (Å²) in [4.78, 5) is 41.5. The standard InChI is InChI=1S/C30H28N2O4S/c1-2-36-26-15-9-8-14-25(26)31-28(33)27(20-10-4-3-5-11-20)37-22-18-16-21(17-19-22)32-29(34)23-12-6-7-13-24(23)30(32)35/h3-11,14-19,23-24,27H,2,12-13H2,1H3,(H,31,33). The molecule has 1 heterocycles. The zero-order valence-electron chi connectivity index (χ0n) is 20.5. The molecule has 0 bridgehead atoms. The van der Waals surface area contributed by atoms with Crippen molar-refractivity contribution in [2.24, 2.45) is 11.8 Å². The van der Waals surface area contributed by atoms with Gasteiger partial charge >= 0.3 is 0 Å². The van der Waals surface area contributed by atoms with Gasteiger partial charge in [0.2, 0.25) is 17.7 Å². The topological polar surface area (TPSA) is 75.7 Å². The van der Waals surface area contributed by atoms with Gasteiger partial charge in [-0.2, -0.15) is 0 Å². The van der Waals surface area contributed by atoms with Gasteiger partial charge in [0.15, 0.2) is 0 Å². The van der Waals surface area contributed by atoms with E-state index in [1.807, 2.05) is 85.8 Å². The van der Waals surface area contributed by atoms with Crippen LogP contribution in [0.3, 0.4) is 0 Å². The second-order valence-electron chi connectivity index (χ2n) is 8.99. The Hall–Kier alpha value is -3.84. The summed E-state index contributed by atoms with van der Waals surface area (Å²) in [6.45, 7) is 2.40. The Balaban J connectivity index is 1.36. The Morgan fingerprint density at radius 3 is 2.19 bits per heavy atom. The third kappa shape index (κ3) is 5.18. The van der Waals surface area contributed by atoms with E-state index in [9.17, 15) is 14.4 Å². The van der Waals surface area contributed by atoms with Gasteiger partial charge in [-0.15, -0.1) is 11.8 Å². The second-order valence-corrected chi connectivity index (χ2v) is 10.2. The molecule has 6 nitrogen and oxygen atoms in total. The summed E-state index contributed by atoms with van der Waals surface area (Å²) < 4.78 is 5.67.